The number of primary amides is 1. The number of nitrogens with zero attached hydrogens (tertiary/aromatic N) is 1. The van der Waals surface area contributed by atoms with Gasteiger partial charge in [-0.3, -0.25) is 9.78 Å². The number of benzene rings is 1. The molecule has 0 atom stereocenters. The molecule has 2 aromatic rings. The van der Waals surface area contributed by atoms with Crippen LogP contribution < -0.4 is 10.5 Å². The Morgan fingerprint density at radius 1 is 1.33 bits per heavy atom. The molecule has 2 N–H and O–H groups in total. The average molecular weight is 202 g/mol. The number of amides is 1. The third-order valence-electron chi connectivity index (χ3n) is 2.22. The Labute approximate surface area is 86.7 Å². The lowest BCUT2D eigenvalue weighted by molar-refractivity contribution is 0.0997. The summed E-state index contributed by atoms with van der Waals surface area (Å²) < 4.78 is 5.18. The van der Waals surface area contributed by atoms with Crippen LogP contribution in [0.3, 0.4) is 0 Å². The number of pyridine rings is 1. The van der Waals surface area contributed by atoms with Crippen LogP contribution >= 0.6 is 0 Å². The molecule has 0 aliphatic carbocycles. The van der Waals surface area contributed by atoms with E-state index in [1.807, 2.05) is 6.07 Å². The van der Waals surface area contributed by atoms with Crippen LogP contribution in [-0.2, 0) is 0 Å². The van der Waals surface area contributed by atoms with Crippen LogP contribution in [0, 0.1) is 0 Å². The van der Waals surface area contributed by atoms with Gasteiger partial charge in [-0.25, -0.2) is 0 Å². The number of carbonyl (C=O) groups excluding carboxylic acids is 1. The molecule has 0 aliphatic rings. The molecule has 0 aliphatic heterocycles. The van der Waals surface area contributed by atoms with Crippen molar-refractivity contribution in [1.29, 1.82) is 0 Å². The zero-order valence-corrected chi connectivity index (χ0v) is 8.23. The van der Waals surface area contributed by atoms with E-state index in [1.165, 1.54) is 0 Å². The number of rotatable bonds is 2. The number of aromatic nitrogens is 1. The maximum atomic E-state index is 11.1. The van der Waals surface area contributed by atoms with Gasteiger partial charge in [0.25, 0.3) is 5.91 Å². The molecule has 0 radical (unpaired) electrons. The molecule has 0 spiro atoms. The van der Waals surface area contributed by atoms with Crippen LogP contribution in [0.5, 0.6) is 5.75 Å². The minimum Gasteiger partial charge on any atom is -0.496 e. The first-order valence-corrected chi connectivity index (χ1v) is 4.45. The fourth-order valence-corrected chi connectivity index (χ4v) is 1.55. The average Bonchev–Trinajstić information content (AvgIpc) is 2.27. The first kappa shape index (κ1) is 9.45. The first-order chi connectivity index (χ1) is 7.24. The van der Waals surface area contributed by atoms with Gasteiger partial charge in [-0.1, -0.05) is 12.1 Å². The normalized spacial score (nSPS) is 10.2. The molecule has 15 heavy (non-hydrogen) atoms. The fourth-order valence-electron chi connectivity index (χ4n) is 1.55. The molecule has 1 amide bonds. The van der Waals surface area contributed by atoms with Crippen molar-refractivity contribution >= 4 is 16.7 Å². The molecular weight excluding hydrogens is 192 g/mol. The predicted molar refractivity (Wildman–Crippen MR) is 56.8 cm³/mol. The molecule has 1 heterocycles. The van der Waals surface area contributed by atoms with Crippen molar-refractivity contribution in [3.05, 3.63) is 36.2 Å². The summed E-state index contributed by atoms with van der Waals surface area (Å²) in [5.41, 5.74) is 5.50. The quantitative estimate of drug-likeness (QED) is 0.799. The van der Waals surface area contributed by atoms with Crippen molar-refractivity contribution in [3.8, 4) is 5.75 Å². The zero-order valence-electron chi connectivity index (χ0n) is 8.23. The minimum absolute atomic E-state index is 0.270. The number of hydrogen-bond donors (Lipinski definition) is 1. The van der Waals surface area contributed by atoms with Crippen LogP contribution in [0.1, 0.15) is 10.5 Å². The van der Waals surface area contributed by atoms with E-state index in [9.17, 15) is 4.79 Å². The molecule has 0 unspecified atom stereocenters. The van der Waals surface area contributed by atoms with Gasteiger partial charge in [0.2, 0.25) is 0 Å². The highest BCUT2D eigenvalue weighted by Crippen LogP contribution is 2.26. The summed E-state index contributed by atoms with van der Waals surface area (Å²) in [6.07, 6.45) is 1.55. The Morgan fingerprint density at radius 3 is 2.80 bits per heavy atom. The molecule has 1 aromatic carbocycles. The van der Waals surface area contributed by atoms with Crippen molar-refractivity contribution in [2.24, 2.45) is 5.73 Å². The number of nitrogens with two attached hydrogens (primary N) is 1. The summed E-state index contributed by atoms with van der Waals surface area (Å²) in [6.45, 7) is 0. The standard InChI is InChI=1S/C11H10N2O2/c1-15-9-4-2-3-8-7(9)5-6-13-10(8)11(12)14/h2-6H,1H3,(H2,12,14). The topological polar surface area (TPSA) is 65.2 Å². The molecule has 0 saturated heterocycles. The second-order valence-electron chi connectivity index (χ2n) is 3.08. The van der Waals surface area contributed by atoms with Crippen LogP contribution in [0.2, 0.25) is 0 Å². The maximum Gasteiger partial charge on any atom is 0.267 e. The summed E-state index contributed by atoms with van der Waals surface area (Å²) in [4.78, 5) is 15.1. The van der Waals surface area contributed by atoms with E-state index >= 15 is 0 Å². The Bertz CT molecular complexity index is 523. The SMILES string of the molecule is COc1cccc2c(C(N)=O)nccc12. The maximum absolute atomic E-state index is 11.1. The molecule has 0 saturated carbocycles. The van der Waals surface area contributed by atoms with Gasteiger partial charge in [0, 0.05) is 17.0 Å². The molecule has 4 heteroatoms. The molecule has 4 nitrogen and oxygen atoms in total. The molecule has 2 rings (SSSR count). The highest BCUT2D eigenvalue weighted by atomic mass is 16.5. The monoisotopic (exact) mass is 202 g/mol. The van der Waals surface area contributed by atoms with E-state index < -0.39 is 5.91 Å². The molecule has 0 fully saturated rings. The molecular formula is C11H10N2O2. The second kappa shape index (κ2) is 3.57. The van der Waals surface area contributed by atoms with Gasteiger partial charge in [0.15, 0.2) is 0 Å². The number of fused-ring (bicyclic) bond motifs is 1. The number of carbonyl (C=O) groups is 1. The fraction of sp³-hybridized carbons (Fsp3) is 0.0909. The summed E-state index contributed by atoms with van der Waals surface area (Å²) in [5.74, 6) is 0.172. The number of ether oxygens (including phenoxy) is 1. The molecule has 76 valence electrons. The van der Waals surface area contributed by atoms with Crippen molar-refractivity contribution < 1.29 is 9.53 Å². The largest absolute Gasteiger partial charge is 0.496 e. The van der Waals surface area contributed by atoms with Crippen LogP contribution in [0.15, 0.2) is 30.5 Å². The van der Waals surface area contributed by atoms with Crippen LogP contribution in [0.25, 0.3) is 10.8 Å². The molecule has 1 aromatic heterocycles. The van der Waals surface area contributed by atoms with Crippen LogP contribution in [0.4, 0.5) is 0 Å². The first-order valence-electron chi connectivity index (χ1n) is 4.45. The van der Waals surface area contributed by atoms with E-state index in [1.54, 1.807) is 31.5 Å². The van der Waals surface area contributed by atoms with Gasteiger partial charge in [0.05, 0.1) is 7.11 Å². The Kier molecular flexibility index (Phi) is 2.25. The summed E-state index contributed by atoms with van der Waals surface area (Å²) in [6, 6.07) is 7.22. The lowest BCUT2D eigenvalue weighted by atomic mass is 10.1. The summed E-state index contributed by atoms with van der Waals surface area (Å²) in [7, 11) is 1.58. The predicted octanol–water partition coefficient (Wildman–Crippen LogP) is 1.34. The smallest absolute Gasteiger partial charge is 0.267 e. The van der Waals surface area contributed by atoms with Gasteiger partial charge in [-0.15, -0.1) is 0 Å². The van der Waals surface area contributed by atoms with Gasteiger partial charge in [-0.2, -0.15) is 0 Å². The van der Waals surface area contributed by atoms with Crippen molar-refractivity contribution in [1.82, 2.24) is 4.98 Å². The highest BCUT2D eigenvalue weighted by molar-refractivity contribution is 6.05. The Balaban J connectivity index is 2.82. The number of methoxy groups -OCH3 is 1. The Morgan fingerprint density at radius 2 is 2.13 bits per heavy atom. The summed E-state index contributed by atoms with van der Waals surface area (Å²) in [5, 5.41) is 1.55. The molecule has 0 bridgehead atoms. The Hall–Kier alpha value is -2.10. The van der Waals surface area contributed by atoms with E-state index in [2.05, 4.69) is 4.98 Å². The van der Waals surface area contributed by atoms with Gasteiger partial charge in [-0.05, 0) is 12.1 Å². The van der Waals surface area contributed by atoms with E-state index in [-0.39, 0.29) is 5.69 Å². The van der Waals surface area contributed by atoms with Gasteiger partial charge >= 0.3 is 0 Å². The van der Waals surface area contributed by atoms with Crippen molar-refractivity contribution in [2.75, 3.05) is 7.11 Å². The van der Waals surface area contributed by atoms with Crippen LogP contribution in [-0.4, -0.2) is 18.0 Å². The summed E-state index contributed by atoms with van der Waals surface area (Å²) >= 11 is 0. The third-order valence-corrected chi connectivity index (χ3v) is 2.22. The van der Waals surface area contributed by atoms with Crippen molar-refractivity contribution in [2.45, 2.75) is 0 Å². The minimum atomic E-state index is -0.533. The van der Waals surface area contributed by atoms with Gasteiger partial charge < -0.3 is 10.5 Å². The third kappa shape index (κ3) is 1.50. The van der Waals surface area contributed by atoms with Crippen molar-refractivity contribution in [3.63, 3.8) is 0 Å². The zero-order chi connectivity index (χ0) is 10.8. The van der Waals surface area contributed by atoms with E-state index in [4.69, 9.17) is 10.5 Å². The number of hydrogen-bond acceptors (Lipinski definition) is 3. The lowest BCUT2D eigenvalue weighted by Gasteiger charge is -2.06. The van der Waals surface area contributed by atoms with E-state index in [0.717, 1.165) is 5.39 Å². The van der Waals surface area contributed by atoms with Gasteiger partial charge in [0.1, 0.15) is 11.4 Å². The second-order valence-corrected chi connectivity index (χ2v) is 3.08. The lowest BCUT2D eigenvalue weighted by Crippen LogP contribution is -2.13. The highest BCUT2D eigenvalue weighted by Gasteiger charge is 2.09. The van der Waals surface area contributed by atoms with E-state index in [0.29, 0.717) is 11.1 Å².